The fraction of sp³-hybridized carbons (Fsp3) is 0.400. The van der Waals surface area contributed by atoms with Crippen molar-refractivity contribution in [1.29, 1.82) is 0 Å². The van der Waals surface area contributed by atoms with E-state index in [1.54, 1.807) is 6.20 Å². The van der Waals surface area contributed by atoms with Crippen LogP contribution in [0.3, 0.4) is 0 Å². The Morgan fingerprint density at radius 3 is 2.67 bits per heavy atom. The van der Waals surface area contributed by atoms with E-state index in [1.165, 1.54) is 7.05 Å². The Morgan fingerprint density at radius 2 is 1.97 bits per heavy atom. The van der Waals surface area contributed by atoms with Crippen LogP contribution in [0.2, 0.25) is 0 Å². The molecule has 0 saturated heterocycles. The summed E-state index contributed by atoms with van der Waals surface area (Å²) in [6.07, 6.45) is 0.138. The zero-order valence-corrected chi connectivity index (χ0v) is 16.1. The van der Waals surface area contributed by atoms with Gasteiger partial charge in [-0.3, -0.25) is 19.1 Å². The molecule has 3 aromatic rings. The molecular weight excluding hydrogens is 397 g/mol. The monoisotopic (exact) mass is 416 g/mol. The van der Waals surface area contributed by atoms with E-state index in [2.05, 4.69) is 26.6 Å². The predicted octanol–water partition coefficient (Wildman–Crippen LogP) is 3.45. The molecule has 1 N–H and O–H groups in total. The molecule has 2 aliphatic rings. The van der Waals surface area contributed by atoms with Gasteiger partial charge in [-0.1, -0.05) is 0 Å². The number of hydrogen-bond donors (Lipinski definition) is 1. The number of hydrogen-bond acceptors (Lipinski definition) is 4. The Bertz CT molecular complexity index is 1130. The minimum absolute atomic E-state index is 0.135. The molecule has 0 aromatic carbocycles. The molecule has 156 valence electrons. The molecule has 5 rings (SSSR count). The average molecular weight is 416 g/mol. The first-order chi connectivity index (χ1) is 14.3. The van der Waals surface area contributed by atoms with Crippen molar-refractivity contribution in [3.05, 3.63) is 53.2 Å². The molecular formula is C20H19F3N6O. The van der Waals surface area contributed by atoms with E-state index in [0.717, 1.165) is 46.2 Å². The van der Waals surface area contributed by atoms with Gasteiger partial charge in [0.05, 0.1) is 17.4 Å². The van der Waals surface area contributed by atoms with E-state index < -0.39 is 17.8 Å². The lowest BCUT2D eigenvalue weighted by Gasteiger charge is -2.11. The number of amides is 1. The molecule has 3 aromatic heterocycles. The third kappa shape index (κ3) is 3.35. The van der Waals surface area contributed by atoms with E-state index >= 15 is 0 Å². The lowest BCUT2D eigenvalue weighted by Crippen LogP contribution is -2.28. The molecule has 7 nitrogen and oxygen atoms in total. The van der Waals surface area contributed by atoms with Gasteiger partial charge in [-0.25, -0.2) is 0 Å². The third-order valence-corrected chi connectivity index (χ3v) is 5.58. The predicted molar refractivity (Wildman–Crippen MR) is 100 cm³/mol. The van der Waals surface area contributed by atoms with Crippen molar-refractivity contribution in [3.8, 4) is 11.3 Å². The first-order valence-corrected chi connectivity index (χ1v) is 9.76. The normalized spacial score (nSPS) is 18.5. The number of alkyl halides is 3. The fourth-order valence-corrected chi connectivity index (χ4v) is 3.84. The molecule has 10 heteroatoms. The molecule has 1 atom stereocenters. The summed E-state index contributed by atoms with van der Waals surface area (Å²) in [4.78, 5) is 17.0. The van der Waals surface area contributed by atoms with E-state index in [0.29, 0.717) is 18.9 Å². The van der Waals surface area contributed by atoms with Crippen LogP contribution >= 0.6 is 0 Å². The van der Waals surface area contributed by atoms with Crippen molar-refractivity contribution >= 4 is 5.91 Å². The summed E-state index contributed by atoms with van der Waals surface area (Å²) in [5.41, 5.74) is 2.46. The molecule has 4 heterocycles. The molecule has 1 aliphatic heterocycles. The topological polar surface area (TPSA) is 77.6 Å². The van der Waals surface area contributed by atoms with Gasteiger partial charge in [0.1, 0.15) is 5.69 Å². The van der Waals surface area contributed by atoms with Crippen LogP contribution in [0.4, 0.5) is 13.2 Å². The van der Waals surface area contributed by atoms with Crippen LogP contribution in [-0.2, 0) is 19.8 Å². The highest BCUT2D eigenvalue weighted by Crippen LogP contribution is 2.40. The maximum atomic E-state index is 12.9. The lowest BCUT2D eigenvalue weighted by atomic mass is 10.1. The summed E-state index contributed by atoms with van der Waals surface area (Å²) in [5, 5.41) is 10.9. The highest BCUT2D eigenvalue weighted by molar-refractivity contribution is 5.93. The molecule has 1 aliphatic carbocycles. The van der Waals surface area contributed by atoms with Crippen LogP contribution in [-0.4, -0.2) is 30.5 Å². The second-order valence-electron chi connectivity index (χ2n) is 7.77. The minimum Gasteiger partial charge on any atom is -0.342 e. The summed E-state index contributed by atoms with van der Waals surface area (Å²) in [6, 6.07) is 6.33. The molecule has 0 bridgehead atoms. The number of pyridine rings is 1. The number of aryl methyl sites for hydroxylation is 2. The molecule has 0 unspecified atom stereocenters. The number of nitrogens with one attached hydrogen (secondary N) is 1. The second kappa shape index (κ2) is 6.68. The number of carbonyl (C=O) groups excluding carboxylic acids is 1. The van der Waals surface area contributed by atoms with Gasteiger partial charge in [-0.2, -0.15) is 23.4 Å². The number of carbonyl (C=O) groups is 1. The molecule has 1 amide bonds. The van der Waals surface area contributed by atoms with Crippen molar-refractivity contribution in [3.63, 3.8) is 0 Å². The van der Waals surface area contributed by atoms with Crippen molar-refractivity contribution in [1.82, 2.24) is 29.9 Å². The smallest absolute Gasteiger partial charge is 0.342 e. The van der Waals surface area contributed by atoms with Gasteiger partial charge in [-0.15, -0.1) is 0 Å². The van der Waals surface area contributed by atoms with Crippen LogP contribution < -0.4 is 5.32 Å². The first kappa shape index (κ1) is 18.8. The molecule has 0 radical (unpaired) electrons. The largest absolute Gasteiger partial charge is 0.435 e. The Labute approximate surface area is 169 Å². The Kier molecular flexibility index (Phi) is 4.19. The lowest BCUT2D eigenvalue weighted by molar-refractivity contribution is -0.141. The van der Waals surface area contributed by atoms with Crippen LogP contribution in [0.15, 0.2) is 30.5 Å². The standard InChI is InChI=1S/C20H19F3N6O/c1-28-17(10-18(27-28)20(21,22)23)19(30)25-13-5-7-29-16(13)9-15(26-29)12-4-6-24-14(8-12)11-2-3-11/h4,6,8-11,13H,2-3,5,7H2,1H3,(H,25,30)/t13-/m1/s1. The first-order valence-electron chi connectivity index (χ1n) is 9.76. The highest BCUT2D eigenvalue weighted by Gasteiger charge is 2.36. The zero-order chi connectivity index (χ0) is 21.0. The molecule has 1 saturated carbocycles. The van der Waals surface area contributed by atoms with Gasteiger partial charge in [0.25, 0.3) is 5.91 Å². The van der Waals surface area contributed by atoms with Crippen molar-refractivity contribution in [2.45, 2.75) is 43.9 Å². The zero-order valence-electron chi connectivity index (χ0n) is 16.1. The SMILES string of the molecule is Cn1nc(C(F)(F)F)cc1C(=O)N[C@@H]1CCn2nc(-c3ccnc(C4CC4)c3)cc21. The van der Waals surface area contributed by atoms with Gasteiger partial charge in [0.2, 0.25) is 0 Å². The quantitative estimate of drug-likeness (QED) is 0.707. The second-order valence-corrected chi connectivity index (χ2v) is 7.77. The maximum Gasteiger partial charge on any atom is 0.435 e. The maximum absolute atomic E-state index is 12.9. The number of rotatable bonds is 4. The van der Waals surface area contributed by atoms with E-state index in [-0.39, 0.29) is 11.7 Å². The van der Waals surface area contributed by atoms with Crippen molar-refractivity contribution in [2.24, 2.45) is 7.05 Å². The van der Waals surface area contributed by atoms with Crippen molar-refractivity contribution in [2.75, 3.05) is 0 Å². The Morgan fingerprint density at radius 1 is 1.17 bits per heavy atom. The third-order valence-electron chi connectivity index (χ3n) is 5.58. The number of fused-ring (bicyclic) bond motifs is 1. The summed E-state index contributed by atoms with van der Waals surface area (Å²) in [5.74, 6) is -0.0615. The highest BCUT2D eigenvalue weighted by atomic mass is 19.4. The summed E-state index contributed by atoms with van der Waals surface area (Å²) >= 11 is 0. The minimum atomic E-state index is -4.60. The van der Waals surface area contributed by atoms with Crippen LogP contribution in [0.1, 0.15) is 58.8 Å². The number of nitrogens with zero attached hydrogens (tertiary/aromatic N) is 5. The van der Waals surface area contributed by atoms with Gasteiger partial charge in [0.15, 0.2) is 5.69 Å². The van der Waals surface area contributed by atoms with Crippen LogP contribution in [0.25, 0.3) is 11.3 Å². The van der Waals surface area contributed by atoms with Crippen LogP contribution in [0, 0.1) is 0 Å². The van der Waals surface area contributed by atoms with E-state index in [1.807, 2.05) is 16.8 Å². The Hall–Kier alpha value is -3.17. The molecule has 30 heavy (non-hydrogen) atoms. The van der Waals surface area contributed by atoms with E-state index in [4.69, 9.17) is 0 Å². The molecule has 1 fully saturated rings. The van der Waals surface area contributed by atoms with Crippen LogP contribution in [0.5, 0.6) is 0 Å². The molecule has 0 spiro atoms. The summed E-state index contributed by atoms with van der Waals surface area (Å²) in [6.45, 7) is 0.625. The summed E-state index contributed by atoms with van der Waals surface area (Å²) in [7, 11) is 1.32. The average Bonchev–Trinajstić information content (AvgIpc) is 3.17. The summed E-state index contributed by atoms with van der Waals surface area (Å²) < 4.78 is 41.4. The van der Waals surface area contributed by atoms with Gasteiger partial charge >= 0.3 is 6.18 Å². The van der Waals surface area contributed by atoms with E-state index in [9.17, 15) is 18.0 Å². The number of aromatic nitrogens is 5. The van der Waals surface area contributed by atoms with Gasteiger partial charge < -0.3 is 5.32 Å². The number of halogens is 3. The van der Waals surface area contributed by atoms with Gasteiger partial charge in [0, 0.05) is 43.0 Å². The fourth-order valence-electron chi connectivity index (χ4n) is 3.84. The van der Waals surface area contributed by atoms with Crippen molar-refractivity contribution < 1.29 is 18.0 Å². The Balaban J connectivity index is 1.36. The van der Waals surface area contributed by atoms with Gasteiger partial charge in [-0.05, 0) is 37.5 Å².